The average molecular weight is 224 g/mol. The zero-order chi connectivity index (χ0) is 10.8. The maximum absolute atomic E-state index is 12.8. The SMILES string of the molecule is Cc1nc(Sc2cccc(F)n2)oc1C. The summed E-state index contributed by atoms with van der Waals surface area (Å²) in [6.45, 7) is 3.70. The first-order valence-electron chi connectivity index (χ1n) is 4.39. The second-order valence-corrected chi connectivity index (χ2v) is 3.99. The van der Waals surface area contributed by atoms with Gasteiger partial charge in [0.1, 0.15) is 10.8 Å². The lowest BCUT2D eigenvalue weighted by atomic mass is 10.4. The van der Waals surface area contributed by atoms with Crippen molar-refractivity contribution in [1.29, 1.82) is 0 Å². The van der Waals surface area contributed by atoms with Crippen LogP contribution >= 0.6 is 11.8 Å². The Morgan fingerprint density at radius 3 is 2.67 bits per heavy atom. The van der Waals surface area contributed by atoms with Crippen molar-refractivity contribution < 1.29 is 8.81 Å². The molecule has 0 saturated heterocycles. The third-order valence-electron chi connectivity index (χ3n) is 1.89. The molecule has 0 aliphatic heterocycles. The number of oxazole rings is 1. The monoisotopic (exact) mass is 224 g/mol. The molecule has 0 aliphatic rings. The summed E-state index contributed by atoms with van der Waals surface area (Å²) in [4.78, 5) is 7.87. The second kappa shape index (κ2) is 4.02. The van der Waals surface area contributed by atoms with Gasteiger partial charge in [-0.25, -0.2) is 9.97 Å². The van der Waals surface area contributed by atoms with Gasteiger partial charge in [-0.05, 0) is 37.7 Å². The molecule has 0 spiro atoms. The van der Waals surface area contributed by atoms with Crippen molar-refractivity contribution in [2.24, 2.45) is 0 Å². The van der Waals surface area contributed by atoms with Crippen molar-refractivity contribution in [3.05, 3.63) is 35.6 Å². The number of hydrogen-bond acceptors (Lipinski definition) is 4. The van der Waals surface area contributed by atoms with Crippen LogP contribution in [0.25, 0.3) is 0 Å². The molecule has 0 amide bonds. The summed E-state index contributed by atoms with van der Waals surface area (Å²) in [7, 11) is 0. The zero-order valence-electron chi connectivity index (χ0n) is 8.32. The number of aryl methyl sites for hydroxylation is 2. The van der Waals surface area contributed by atoms with Crippen LogP contribution in [0.1, 0.15) is 11.5 Å². The van der Waals surface area contributed by atoms with E-state index >= 15 is 0 Å². The van der Waals surface area contributed by atoms with E-state index in [4.69, 9.17) is 4.42 Å². The molecule has 0 saturated carbocycles. The number of halogens is 1. The molecular formula is C10H9FN2OS. The smallest absolute Gasteiger partial charge is 0.262 e. The fraction of sp³-hybridized carbons (Fsp3) is 0.200. The Bertz CT molecular complexity index is 465. The molecule has 78 valence electrons. The van der Waals surface area contributed by atoms with E-state index in [1.165, 1.54) is 17.8 Å². The average Bonchev–Trinajstić information content (AvgIpc) is 2.45. The largest absolute Gasteiger partial charge is 0.436 e. The van der Waals surface area contributed by atoms with Crippen molar-refractivity contribution in [2.45, 2.75) is 24.1 Å². The second-order valence-electron chi connectivity index (χ2n) is 3.02. The molecule has 2 rings (SSSR count). The molecule has 0 fully saturated rings. The van der Waals surface area contributed by atoms with Crippen LogP contribution in [0.2, 0.25) is 0 Å². The van der Waals surface area contributed by atoms with E-state index in [9.17, 15) is 4.39 Å². The highest BCUT2D eigenvalue weighted by atomic mass is 32.2. The molecule has 0 aliphatic carbocycles. The quantitative estimate of drug-likeness (QED) is 0.735. The van der Waals surface area contributed by atoms with Crippen LogP contribution in [0.4, 0.5) is 4.39 Å². The highest BCUT2D eigenvalue weighted by Crippen LogP contribution is 2.26. The number of aromatic nitrogens is 2. The third-order valence-corrected chi connectivity index (χ3v) is 2.68. The van der Waals surface area contributed by atoms with Gasteiger partial charge < -0.3 is 4.42 Å². The lowest BCUT2D eigenvalue weighted by Gasteiger charge is -1.94. The Kier molecular flexibility index (Phi) is 2.73. The minimum absolute atomic E-state index is 0.489. The maximum Gasteiger partial charge on any atom is 0.262 e. The maximum atomic E-state index is 12.8. The van der Waals surface area contributed by atoms with Crippen molar-refractivity contribution in [1.82, 2.24) is 9.97 Å². The van der Waals surface area contributed by atoms with E-state index in [1.54, 1.807) is 12.1 Å². The van der Waals surface area contributed by atoms with Crippen LogP contribution in [0.5, 0.6) is 0 Å². The predicted octanol–water partition coefficient (Wildman–Crippen LogP) is 2.98. The van der Waals surface area contributed by atoms with Gasteiger partial charge in [-0.3, -0.25) is 0 Å². The number of pyridine rings is 1. The Morgan fingerprint density at radius 2 is 2.07 bits per heavy atom. The van der Waals surface area contributed by atoms with E-state index in [2.05, 4.69) is 9.97 Å². The summed E-state index contributed by atoms with van der Waals surface area (Å²) in [6.07, 6.45) is 0. The Hall–Kier alpha value is -1.36. The summed E-state index contributed by atoms with van der Waals surface area (Å²) in [6, 6.07) is 4.62. The van der Waals surface area contributed by atoms with E-state index in [1.807, 2.05) is 13.8 Å². The van der Waals surface area contributed by atoms with E-state index < -0.39 is 5.95 Å². The zero-order valence-corrected chi connectivity index (χ0v) is 9.14. The first kappa shape index (κ1) is 10.2. The Labute approximate surface area is 90.7 Å². The molecule has 0 atom stereocenters. The highest BCUT2D eigenvalue weighted by Gasteiger charge is 2.08. The van der Waals surface area contributed by atoms with E-state index in [0.29, 0.717) is 10.2 Å². The van der Waals surface area contributed by atoms with Crippen molar-refractivity contribution >= 4 is 11.8 Å². The molecule has 3 nitrogen and oxygen atoms in total. The summed E-state index contributed by atoms with van der Waals surface area (Å²) in [5, 5.41) is 1.03. The molecule has 0 N–H and O–H groups in total. The minimum atomic E-state index is -0.500. The van der Waals surface area contributed by atoms with Gasteiger partial charge in [0, 0.05) is 0 Å². The normalized spacial score (nSPS) is 10.6. The standard InChI is InChI=1S/C10H9FN2OS/c1-6-7(2)14-10(12-6)15-9-5-3-4-8(11)13-9/h3-5H,1-2H3. The number of nitrogens with zero attached hydrogens (tertiary/aromatic N) is 2. The lowest BCUT2D eigenvalue weighted by Crippen LogP contribution is -1.84. The van der Waals surface area contributed by atoms with E-state index in [-0.39, 0.29) is 0 Å². The highest BCUT2D eigenvalue weighted by molar-refractivity contribution is 7.99. The van der Waals surface area contributed by atoms with Crippen LogP contribution in [0.15, 0.2) is 32.9 Å². The van der Waals surface area contributed by atoms with Gasteiger partial charge in [-0.15, -0.1) is 0 Å². The topological polar surface area (TPSA) is 38.9 Å². The molecule has 5 heteroatoms. The molecule has 15 heavy (non-hydrogen) atoms. The molecule has 2 aromatic rings. The fourth-order valence-electron chi connectivity index (χ4n) is 1.02. The molecule has 0 radical (unpaired) electrons. The molecule has 0 unspecified atom stereocenters. The van der Waals surface area contributed by atoms with Gasteiger partial charge in [-0.1, -0.05) is 6.07 Å². The van der Waals surface area contributed by atoms with Gasteiger partial charge in [-0.2, -0.15) is 4.39 Å². The van der Waals surface area contributed by atoms with Crippen molar-refractivity contribution in [3.8, 4) is 0 Å². The van der Waals surface area contributed by atoms with E-state index in [0.717, 1.165) is 11.5 Å². The number of hydrogen-bond donors (Lipinski definition) is 0. The molecular weight excluding hydrogens is 215 g/mol. The van der Waals surface area contributed by atoms with Gasteiger partial charge >= 0.3 is 0 Å². The van der Waals surface area contributed by atoms with Crippen LogP contribution in [0.3, 0.4) is 0 Å². The summed E-state index contributed by atoms with van der Waals surface area (Å²) in [5.41, 5.74) is 0.842. The fourth-order valence-corrected chi connectivity index (χ4v) is 1.83. The van der Waals surface area contributed by atoms with Crippen molar-refractivity contribution in [2.75, 3.05) is 0 Å². The van der Waals surface area contributed by atoms with Crippen LogP contribution in [-0.2, 0) is 0 Å². The number of rotatable bonds is 2. The van der Waals surface area contributed by atoms with Gasteiger partial charge in [0.05, 0.1) is 5.69 Å². The van der Waals surface area contributed by atoms with Crippen LogP contribution in [0, 0.1) is 19.8 Å². The predicted molar refractivity (Wildman–Crippen MR) is 54.3 cm³/mol. The minimum Gasteiger partial charge on any atom is -0.436 e. The van der Waals surface area contributed by atoms with Gasteiger partial charge in [0.15, 0.2) is 0 Å². The molecule has 0 aromatic carbocycles. The summed E-state index contributed by atoms with van der Waals surface area (Å²) < 4.78 is 18.1. The van der Waals surface area contributed by atoms with Gasteiger partial charge in [0.25, 0.3) is 5.22 Å². The first-order valence-corrected chi connectivity index (χ1v) is 5.21. The lowest BCUT2D eigenvalue weighted by molar-refractivity contribution is 0.430. The molecule has 0 bridgehead atoms. The Balaban J connectivity index is 2.22. The third kappa shape index (κ3) is 2.36. The van der Waals surface area contributed by atoms with Gasteiger partial charge in [0.2, 0.25) is 5.95 Å². The molecule has 2 heterocycles. The Morgan fingerprint density at radius 1 is 1.27 bits per heavy atom. The first-order chi connectivity index (χ1) is 7.15. The summed E-state index contributed by atoms with van der Waals surface area (Å²) >= 11 is 1.21. The van der Waals surface area contributed by atoms with Crippen LogP contribution in [-0.4, -0.2) is 9.97 Å². The van der Waals surface area contributed by atoms with Crippen LogP contribution < -0.4 is 0 Å². The summed E-state index contributed by atoms with van der Waals surface area (Å²) in [5.74, 6) is 0.272. The molecule has 2 aromatic heterocycles. The van der Waals surface area contributed by atoms with Crippen molar-refractivity contribution in [3.63, 3.8) is 0 Å².